The number of benzene rings is 1. The van der Waals surface area contributed by atoms with E-state index in [9.17, 15) is 9.59 Å². The number of ether oxygens (including phenoxy) is 2. The highest BCUT2D eigenvalue weighted by atomic mass is 16.5. The molecule has 2 amide bonds. The lowest BCUT2D eigenvalue weighted by Gasteiger charge is -2.32. The topological polar surface area (TPSA) is 67.9 Å². The number of amides is 2. The fraction of sp³-hybridized carbons (Fsp3) is 0.600. The van der Waals surface area contributed by atoms with E-state index in [0.717, 1.165) is 50.9 Å². The van der Waals surface area contributed by atoms with Crippen molar-refractivity contribution in [3.05, 3.63) is 24.3 Å². The van der Waals surface area contributed by atoms with Crippen molar-refractivity contribution in [2.24, 2.45) is 5.92 Å². The van der Waals surface area contributed by atoms with E-state index >= 15 is 0 Å². The van der Waals surface area contributed by atoms with Crippen LogP contribution < -0.4 is 14.8 Å². The Hall–Kier alpha value is -2.24. The normalized spacial score (nSPS) is 19.7. The van der Waals surface area contributed by atoms with E-state index in [1.165, 1.54) is 0 Å². The number of piperidine rings is 1. The van der Waals surface area contributed by atoms with Crippen LogP contribution in [0, 0.1) is 5.92 Å². The maximum Gasteiger partial charge on any atom is 0.260 e. The van der Waals surface area contributed by atoms with Crippen LogP contribution in [0.1, 0.15) is 38.5 Å². The van der Waals surface area contributed by atoms with Gasteiger partial charge in [-0.3, -0.25) is 9.59 Å². The summed E-state index contributed by atoms with van der Waals surface area (Å²) in [7, 11) is 1.61. The molecule has 0 aromatic heterocycles. The van der Waals surface area contributed by atoms with Gasteiger partial charge in [0.15, 0.2) is 6.61 Å². The number of carbonyl (C=O) groups is 2. The Balaban J connectivity index is 1.39. The largest absolute Gasteiger partial charge is 0.497 e. The van der Waals surface area contributed by atoms with Crippen molar-refractivity contribution in [1.29, 1.82) is 0 Å². The van der Waals surface area contributed by atoms with Crippen LogP contribution >= 0.6 is 0 Å². The Labute approximate surface area is 154 Å². The molecular formula is C20H28N2O4. The number of methoxy groups -OCH3 is 1. The predicted molar refractivity (Wildman–Crippen MR) is 98.2 cm³/mol. The molecule has 1 aromatic carbocycles. The van der Waals surface area contributed by atoms with Crippen LogP contribution in [0.5, 0.6) is 11.5 Å². The van der Waals surface area contributed by atoms with Crippen molar-refractivity contribution >= 4 is 11.8 Å². The third-order valence-electron chi connectivity index (χ3n) is 5.02. The molecule has 1 aromatic rings. The quantitative estimate of drug-likeness (QED) is 0.773. The number of rotatable bonds is 8. The first kappa shape index (κ1) is 18.5. The molecule has 6 heteroatoms. The van der Waals surface area contributed by atoms with E-state index in [1.807, 2.05) is 17.0 Å². The molecule has 1 heterocycles. The van der Waals surface area contributed by atoms with Gasteiger partial charge in [-0.1, -0.05) is 0 Å². The summed E-state index contributed by atoms with van der Waals surface area (Å²) in [5.74, 6) is 1.98. The Bertz CT molecular complexity index is 613. The van der Waals surface area contributed by atoms with Gasteiger partial charge in [0.1, 0.15) is 11.5 Å². The molecule has 1 aliphatic carbocycles. The first-order valence-electron chi connectivity index (χ1n) is 9.48. The molecule has 26 heavy (non-hydrogen) atoms. The zero-order valence-electron chi connectivity index (χ0n) is 15.4. The zero-order chi connectivity index (χ0) is 18.4. The fourth-order valence-electron chi connectivity index (χ4n) is 3.30. The van der Waals surface area contributed by atoms with Crippen molar-refractivity contribution in [2.45, 2.75) is 44.6 Å². The molecule has 1 saturated carbocycles. The Kier molecular flexibility index (Phi) is 6.36. The van der Waals surface area contributed by atoms with E-state index in [2.05, 4.69) is 5.32 Å². The van der Waals surface area contributed by atoms with Gasteiger partial charge >= 0.3 is 0 Å². The van der Waals surface area contributed by atoms with Gasteiger partial charge < -0.3 is 19.7 Å². The van der Waals surface area contributed by atoms with E-state index < -0.39 is 0 Å². The van der Waals surface area contributed by atoms with Crippen LogP contribution in [-0.4, -0.2) is 49.6 Å². The SMILES string of the molecule is COc1ccc(OCC(=O)N2CCC[C@H](CCC(=O)NC3CC3)C2)cc1. The molecule has 2 aliphatic rings. The minimum absolute atomic E-state index is 0.00736. The van der Waals surface area contributed by atoms with Gasteiger partial charge in [0.25, 0.3) is 5.91 Å². The first-order chi connectivity index (χ1) is 12.6. The third-order valence-corrected chi connectivity index (χ3v) is 5.02. The van der Waals surface area contributed by atoms with Gasteiger partial charge in [0.2, 0.25) is 5.91 Å². The fourth-order valence-corrected chi connectivity index (χ4v) is 3.30. The summed E-state index contributed by atoms with van der Waals surface area (Å²) in [6.45, 7) is 1.54. The third kappa shape index (κ3) is 5.64. The van der Waals surface area contributed by atoms with Crippen molar-refractivity contribution in [1.82, 2.24) is 10.2 Å². The Morgan fingerprint density at radius 1 is 1.15 bits per heavy atom. The smallest absolute Gasteiger partial charge is 0.260 e. The number of hydrogen-bond donors (Lipinski definition) is 1. The van der Waals surface area contributed by atoms with Crippen molar-refractivity contribution in [2.75, 3.05) is 26.8 Å². The van der Waals surface area contributed by atoms with Gasteiger partial charge in [-0.05, 0) is 62.3 Å². The van der Waals surface area contributed by atoms with Crippen LogP contribution in [0.2, 0.25) is 0 Å². The van der Waals surface area contributed by atoms with Gasteiger partial charge in [0.05, 0.1) is 7.11 Å². The average Bonchev–Trinajstić information content (AvgIpc) is 3.49. The minimum Gasteiger partial charge on any atom is -0.497 e. The Morgan fingerprint density at radius 2 is 1.88 bits per heavy atom. The van der Waals surface area contributed by atoms with Crippen LogP contribution in [0.15, 0.2) is 24.3 Å². The van der Waals surface area contributed by atoms with Crippen LogP contribution in [-0.2, 0) is 9.59 Å². The number of likely N-dealkylation sites (tertiary alicyclic amines) is 1. The van der Waals surface area contributed by atoms with Crippen molar-refractivity contribution in [3.8, 4) is 11.5 Å². The second-order valence-electron chi connectivity index (χ2n) is 7.19. The number of nitrogens with one attached hydrogen (secondary N) is 1. The molecule has 142 valence electrons. The monoisotopic (exact) mass is 360 g/mol. The summed E-state index contributed by atoms with van der Waals surface area (Å²) in [4.78, 5) is 26.1. The lowest BCUT2D eigenvalue weighted by Crippen LogP contribution is -2.42. The van der Waals surface area contributed by atoms with Gasteiger partial charge in [0, 0.05) is 25.6 Å². The first-order valence-corrected chi connectivity index (χ1v) is 9.48. The van der Waals surface area contributed by atoms with E-state index in [-0.39, 0.29) is 18.4 Å². The molecule has 0 unspecified atom stereocenters. The van der Waals surface area contributed by atoms with Gasteiger partial charge in [-0.2, -0.15) is 0 Å². The van der Waals surface area contributed by atoms with E-state index in [4.69, 9.17) is 9.47 Å². The molecule has 0 bridgehead atoms. The van der Waals surface area contributed by atoms with Crippen LogP contribution in [0.3, 0.4) is 0 Å². The number of carbonyl (C=O) groups excluding carboxylic acids is 2. The van der Waals surface area contributed by atoms with Crippen LogP contribution in [0.4, 0.5) is 0 Å². The Morgan fingerprint density at radius 3 is 2.58 bits per heavy atom. The highest BCUT2D eigenvalue weighted by molar-refractivity contribution is 5.78. The zero-order valence-corrected chi connectivity index (χ0v) is 15.4. The minimum atomic E-state index is 0.00736. The molecule has 3 rings (SSSR count). The molecule has 1 atom stereocenters. The lowest BCUT2D eigenvalue weighted by atomic mass is 9.93. The van der Waals surface area contributed by atoms with Crippen molar-refractivity contribution in [3.63, 3.8) is 0 Å². The number of hydrogen-bond acceptors (Lipinski definition) is 4. The predicted octanol–water partition coefficient (Wildman–Crippen LogP) is 2.37. The van der Waals surface area contributed by atoms with E-state index in [0.29, 0.717) is 24.1 Å². The molecule has 2 fully saturated rings. The highest BCUT2D eigenvalue weighted by Gasteiger charge is 2.26. The van der Waals surface area contributed by atoms with Gasteiger partial charge in [-0.15, -0.1) is 0 Å². The second kappa shape index (κ2) is 8.92. The number of nitrogens with zero attached hydrogens (tertiary/aromatic N) is 1. The molecule has 0 radical (unpaired) electrons. The summed E-state index contributed by atoms with van der Waals surface area (Å²) in [6, 6.07) is 7.63. The maximum absolute atomic E-state index is 12.4. The van der Waals surface area contributed by atoms with Gasteiger partial charge in [-0.25, -0.2) is 0 Å². The molecule has 1 saturated heterocycles. The average molecular weight is 360 g/mol. The lowest BCUT2D eigenvalue weighted by molar-refractivity contribution is -0.135. The molecule has 1 N–H and O–H groups in total. The molecule has 0 spiro atoms. The summed E-state index contributed by atoms with van der Waals surface area (Å²) in [5.41, 5.74) is 0. The summed E-state index contributed by atoms with van der Waals surface area (Å²) in [6.07, 6.45) is 5.72. The molecule has 6 nitrogen and oxygen atoms in total. The van der Waals surface area contributed by atoms with Crippen LogP contribution in [0.25, 0.3) is 0 Å². The molecular weight excluding hydrogens is 332 g/mol. The van der Waals surface area contributed by atoms with E-state index in [1.54, 1.807) is 19.2 Å². The second-order valence-corrected chi connectivity index (χ2v) is 7.19. The maximum atomic E-state index is 12.4. The highest BCUT2D eigenvalue weighted by Crippen LogP contribution is 2.23. The summed E-state index contributed by atoms with van der Waals surface area (Å²) >= 11 is 0. The molecule has 1 aliphatic heterocycles. The summed E-state index contributed by atoms with van der Waals surface area (Å²) in [5, 5.41) is 3.03. The van der Waals surface area contributed by atoms with Crippen molar-refractivity contribution < 1.29 is 19.1 Å². The summed E-state index contributed by atoms with van der Waals surface area (Å²) < 4.78 is 10.7. The standard InChI is InChI=1S/C20H28N2O4/c1-25-17-7-9-18(10-8-17)26-14-20(24)22-12-2-3-15(13-22)4-11-19(23)21-16-5-6-16/h7-10,15-16H,2-6,11-14H2,1H3,(H,21,23)/t15-/m1/s1.